The van der Waals surface area contributed by atoms with Crippen LogP contribution >= 0.6 is 11.6 Å². The van der Waals surface area contributed by atoms with E-state index in [-0.39, 0.29) is 23.4 Å². The van der Waals surface area contributed by atoms with E-state index in [2.05, 4.69) is 76.7 Å². The van der Waals surface area contributed by atoms with E-state index >= 15 is 0 Å². The molecule has 1 aliphatic heterocycles. The third kappa shape index (κ3) is 7.09. The molecule has 0 unspecified atom stereocenters. The highest BCUT2D eigenvalue weighted by Gasteiger charge is 2.29. The third-order valence-corrected chi connectivity index (χ3v) is 9.39. The Hall–Kier alpha value is -4.52. The first-order valence-corrected chi connectivity index (χ1v) is 16.5. The van der Waals surface area contributed by atoms with Crippen molar-refractivity contribution >= 4 is 33.9 Å². The summed E-state index contributed by atoms with van der Waals surface area (Å²) in [6.45, 7) is 10.9. The number of hydrogen-bond acceptors (Lipinski definition) is 7. The Labute approximate surface area is 280 Å². The van der Waals surface area contributed by atoms with Crippen molar-refractivity contribution in [1.29, 1.82) is 5.26 Å². The van der Waals surface area contributed by atoms with Gasteiger partial charge in [0.25, 0.3) is 0 Å². The van der Waals surface area contributed by atoms with Crippen LogP contribution in [0.3, 0.4) is 0 Å². The number of halogens is 2. The van der Waals surface area contributed by atoms with E-state index in [0.717, 1.165) is 48.9 Å². The van der Waals surface area contributed by atoms with Gasteiger partial charge in [0, 0.05) is 35.9 Å². The van der Waals surface area contributed by atoms with Crippen LogP contribution in [0.25, 0.3) is 10.9 Å². The summed E-state index contributed by atoms with van der Waals surface area (Å²) in [5, 5.41) is 27.6. The highest BCUT2D eigenvalue weighted by Crippen LogP contribution is 2.37. The van der Waals surface area contributed by atoms with Gasteiger partial charge in [-0.1, -0.05) is 66.2 Å². The summed E-state index contributed by atoms with van der Waals surface area (Å²) in [5.74, 6) is -0.315. The normalized spacial score (nSPS) is 15.7. The number of piperidine rings is 1. The van der Waals surface area contributed by atoms with Gasteiger partial charge in [-0.05, 0) is 75.4 Å². The maximum Gasteiger partial charge on any atom is 0.123 e. The minimum atomic E-state index is -0.441. The number of fused-ring (bicyclic) bond motifs is 1. The Morgan fingerprint density at radius 3 is 2.40 bits per heavy atom. The molecule has 0 aliphatic carbocycles. The zero-order chi connectivity index (χ0) is 33.1. The Bertz CT molecular complexity index is 1870. The second-order valence-electron chi connectivity index (χ2n) is 13.2. The van der Waals surface area contributed by atoms with Gasteiger partial charge in [-0.2, -0.15) is 5.26 Å². The Morgan fingerprint density at radius 2 is 1.74 bits per heavy atom. The summed E-state index contributed by atoms with van der Waals surface area (Å²) in [4.78, 5) is 7.05. The fourth-order valence-corrected chi connectivity index (χ4v) is 6.68. The topological polar surface area (TPSA) is 94.7 Å². The van der Waals surface area contributed by atoms with Gasteiger partial charge in [-0.15, -0.1) is 5.10 Å². The first-order valence-electron chi connectivity index (χ1n) is 16.2. The zero-order valence-electron chi connectivity index (χ0n) is 27.2. The zero-order valence-corrected chi connectivity index (χ0v) is 28.0. The molecule has 3 heterocycles. The summed E-state index contributed by atoms with van der Waals surface area (Å²) in [7, 11) is 0. The van der Waals surface area contributed by atoms with Crippen molar-refractivity contribution in [3.05, 3.63) is 112 Å². The number of hydrogen-bond donors (Lipinski definition) is 2. The SMILES string of the molecule is CC[C@@H](Nc1c(C#N)cnc2c(Cl)cc(N[C@@H](c3ccc(F)cc3)c3cn(C4CCN(C(C)(C)C)CC4)nn3)cc12)c1ccccc1. The molecule has 0 spiro atoms. The molecule has 6 rings (SSSR count). The molecule has 1 fully saturated rings. The Kier molecular flexibility index (Phi) is 9.44. The Morgan fingerprint density at radius 1 is 1.02 bits per heavy atom. The number of nitrogens with zero attached hydrogens (tertiary/aromatic N) is 6. The molecule has 10 heteroatoms. The van der Waals surface area contributed by atoms with Gasteiger partial charge in [-0.3, -0.25) is 9.88 Å². The summed E-state index contributed by atoms with van der Waals surface area (Å²) in [5.41, 5.74) is 5.19. The predicted octanol–water partition coefficient (Wildman–Crippen LogP) is 8.69. The highest BCUT2D eigenvalue weighted by molar-refractivity contribution is 6.35. The van der Waals surface area contributed by atoms with E-state index < -0.39 is 6.04 Å². The molecule has 1 aliphatic rings. The lowest BCUT2D eigenvalue weighted by atomic mass is 9.98. The molecule has 1 saturated heterocycles. The summed E-state index contributed by atoms with van der Waals surface area (Å²) in [6.07, 6.45) is 6.34. The molecule has 8 nitrogen and oxygen atoms in total. The smallest absolute Gasteiger partial charge is 0.123 e. The Balaban J connectivity index is 1.35. The third-order valence-electron chi connectivity index (χ3n) is 9.10. The van der Waals surface area contributed by atoms with Crippen molar-refractivity contribution in [2.75, 3.05) is 23.7 Å². The van der Waals surface area contributed by atoms with Gasteiger partial charge < -0.3 is 10.6 Å². The lowest BCUT2D eigenvalue weighted by Crippen LogP contribution is -2.46. The summed E-state index contributed by atoms with van der Waals surface area (Å²) < 4.78 is 16.0. The van der Waals surface area contributed by atoms with Crippen molar-refractivity contribution in [3.8, 4) is 6.07 Å². The number of pyridine rings is 1. The average Bonchev–Trinajstić information content (AvgIpc) is 3.57. The van der Waals surface area contributed by atoms with Crippen molar-refractivity contribution in [1.82, 2.24) is 24.9 Å². The number of rotatable bonds is 9. The number of benzene rings is 3. The number of nitrogens with one attached hydrogen (secondary N) is 2. The van der Waals surface area contributed by atoms with E-state index in [0.29, 0.717) is 33.2 Å². The van der Waals surface area contributed by atoms with E-state index in [4.69, 9.17) is 11.6 Å². The van der Waals surface area contributed by atoms with Crippen molar-refractivity contribution in [3.63, 3.8) is 0 Å². The molecular weight excluding hydrogens is 611 g/mol. The van der Waals surface area contributed by atoms with Crippen molar-refractivity contribution < 1.29 is 4.39 Å². The van der Waals surface area contributed by atoms with Crippen LogP contribution in [0.2, 0.25) is 5.02 Å². The van der Waals surface area contributed by atoms with Crippen LogP contribution < -0.4 is 10.6 Å². The van der Waals surface area contributed by atoms with Crippen molar-refractivity contribution in [2.24, 2.45) is 0 Å². The second kappa shape index (κ2) is 13.7. The maximum absolute atomic E-state index is 14.0. The molecule has 0 amide bonds. The molecule has 2 N–H and O–H groups in total. The molecule has 0 saturated carbocycles. The van der Waals surface area contributed by atoms with Crippen LogP contribution in [0.4, 0.5) is 15.8 Å². The number of likely N-dealkylation sites (tertiary alicyclic amines) is 1. The lowest BCUT2D eigenvalue weighted by Gasteiger charge is -2.40. The van der Waals surface area contributed by atoms with E-state index in [1.54, 1.807) is 18.3 Å². The van der Waals surface area contributed by atoms with Crippen molar-refractivity contribution in [2.45, 2.75) is 70.6 Å². The molecule has 5 aromatic rings. The minimum Gasteiger partial charge on any atom is -0.377 e. The fourth-order valence-electron chi connectivity index (χ4n) is 6.42. The highest BCUT2D eigenvalue weighted by atomic mass is 35.5. The number of nitriles is 1. The summed E-state index contributed by atoms with van der Waals surface area (Å²) >= 11 is 6.86. The second-order valence-corrected chi connectivity index (χ2v) is 13.6. The van der Waals surface area contributed by atoms with Gasteiger partial charge in [0.2, 0.25) is 0 Å². The van der Waals surface area contributed by atoms with Gasteiger partial charge in [0.1, 0.15) is 17.6 Å². The number of aromatic nitrogens is 4. The van der Waals surface area contributed by atoms with Crippen LogP contribution in [0.15, 0.2) is 79.1 Å². The molecule has 0 bridgehead atoms. The van der Waals surface area contributed by atoms with Crippen LogP contribution in [-0.2, 0) is 0 Å². The summed E-state index contributed by atoms with van der Waals surface area (Å²) in [6, 6.07) is 22.4. The lowest BCUT2D eigenvalue weighted by molar-refractivity contribution is 0.0866. The van der Waals surface area contributed by atoms with Crippen LogP contribution in [0, 0.1) is 17.1 Å². The first kappa shape index (κ1) is 32.4. The van der Waals surface area contributed by atoms with Gasteiger partial charge >= 0.3 is 0 Å². The van der Waals surface area contributed by atoms with E-state index in [9.17, 15) is 9.65 Å². The predicted molar refractivity (Wildman–Crippen MR) is 186 cm³/mol. The molecule has 0 radical (unpaired) electrons. The van der Waals surface area contributed by atoms with Crippen LogP contribution in [0.1, 0.15) is 87.5 Å². The minimum absolute atomic E-state index is 0.0263. The van der Waals surface area contributed by atoms with Crippen LogP contribution in [0.5, 0.6) is 0 Å². The monoisotopic (exact) mass is 650 g/mol. The molecule has 3 aromatic carbocycles. The molecule has 2 atom stereocenters. The fraction of sp³-hybridized carbons (Fsp3) is 0.351. The number of anilines is 2. The molecular formula is C37H40ClFN8. The largest absolute Gasteiger partial charge is 0.377 e. The van der Waals surface area contributed by atoms with Gasteiger partial charge in [-0.25, -0.2) is 9.07 Å². The molecule has 242 valence electrons. The van der Waals surface area contributed by atoms with Gasteiger partial charge in [0.15, 0.2) is 0 Å². The first-order chi connectivity index (χ1) is 22.6. The molecule has 47 heavy (non-hydrogen) atoms. The standard InChI is InChI=1S/C37H40ClFN8/c1-5-32(24-9-7-6-8-10-24)43-34-26(21-40)22-41-36-30(34)19-28(20-31(36)38)42-35(25-11-13-27(39)14-12-25)33-23-47(45-44-33)29-15-17-46(18-16-29)37(2,3)4/h6-14,19-20,22-23,29,32,35,42H,5,15-18H2,1-4H3,(H,41,43)/t32-,35+/m1/s1. The van der Waals surface area contributed by atoms with Gasteiger partial charge in [0.05, 0.1) is 46.1 Å². The quantitative estimate of drug-likeness (QED) is 0.165. The van der Waals surface area contributed by atoms with E-state index in [1.807, 2.05) is 41.2 Å². The van der Waals surface area contributed by atoms with Crippen LogP contribution in [-0.4, -0.2) is 43.5 Å². The maximum atomic E-state index is 14.0. The average molecular weight is 651 g/mol. The molecule has 2 aromatic heterocycles. The van der Waals surface area contributed by atoms with E-state index in [1.165, 1.54) is 12.1 Å².